The molecule has 2 aromatic carbocycles. The Hall–Kier alpha value is -3.22. The minimum absolute atomic E-state index is 0.336. The number of methoxy groups -OCH3 is 1. The molecule has 0 saturated carbocycles. The van der Waals surface area contributed by atoms with Crippen LogP contribution in [0.2, 0.25) is 0 Å². The second-order valence-corrected chi connectivity index (χ2v) is 5.29. The van der Waals surface area contributed by atoms with E-state index in [2.05, 4.69) is 10.4 Å². The summed E-state index contributed by atoms with van der Waals surface area (Å²) in [6, 6.07) is 10.7. The zero-order chi connectivity index (χ0) is 17.8. The summed E-state index contributed by atoms with van der Waals surface area (Å²) >= 11 is 0. The molecule has 0 atom stereocenters. The predicted octanol–water partition coefficient (Wildman–Crippen LogP) is 3.47. The smallest absolute Gasteiger partial charge is 0.261 e. The SMILES string of the molecule is COc1ccccc1Cn1cc(NC(=O)c2c(F)cccc2F)cn1. The molecular formula is C18H15F2N3O2. The first-order chi connectivity index (χ1) is 12.1. The van der Waals surface area contributed by atoms with E-state index in [-0.39, 0.29) is 0 Å². The minimum Gasteiger partial charge on any atom is -0.496 e. The van der Waals surface area contributed by atoms with E-state index in [0.717, 1.165) is 23.4 Å². The maximum atomic E-state index is 13.6. The molecule has 0 bridgehead atoms. The zero-order valence-electron chi connectivity index (χ0n) is 13.4. The molecule has 0 fully saturated rings. The Bertz CT molecular complexity index is 889. The molecule has 1 aromatic heterocycles. The van der Waals surface area contributed by atoms with Gasteiger partial charge in [0.2, 0.25) is 0 Å². The maximum Gasteiger partial charge on any atom is 0.261 e. The van der Waals surface area contributed by atoms with Crippen molar-refractivity contribution in [1.82, 2.24) is 9.78 Å². The number of benzene rings is 2. The molecule has 25 heavy (non-hydrogen) atoms. The van der Waals surface area contributed by atoms with E-state index in [1.165, 1.54) is 12.3 Å². The summed E-state index contributed by atoms with van der Waals surface area (Å²) < 4.78 is 34.2. The lowest BCUT2D eigenvalue weighted by Gasteiger charge is -2.08. The Balaban J connectivity index is 1.75. The number of rotatable bonds is 5. The van der Waals surface area contributed by atoms with Crippen molar-refractivity contribution in [1.29, 1.82) is 0 Å². The summed E-state index contributed by atoms with van der Waals surface area (Å²) in [4.78, 5) is 12.1. The van der Waals surface area contributed by atoms with Gasteiger partial charge in [0.15, 0.2) is 0 Å². The van der Waals surface area contributed by atoms with Crippen molar-refractivity contribution >= 4 is 11.6 Å². The van der Waals surface area contributed by atoms with E-state index in [4.69, 9.17) is 4.74 Å². The van der Waals surface area contributed by atoms with E-state index in [9.17, 15) is 13.6 Å². The van der Waals surface area contributed by atoms with Gasteiger partial charge in [0.1, 0.15) is 22.9 Å². The molecule has 1 heterocycles. The van der Waals surface area contributed by atoms with Crippen molar-refractivity contribution in [2.24, 2.45) is 0 Å². The Morgan fingerprint density at radius 2 is 1.88 bits per heavy atom. The average molecular weight is 343 g/mol. The van der Waals surface area contributed by atoms with Gasteiger partial charge in [-0.1, -0.05) is 24.3 Å². The van der Waals surface area contributed by atoms with Crippen LogP contribution in [0, 0.1) is 11.6 Å². The highest BCUT2D eigenvalue weighted by Crippen LogP contribution is 2.19. The number of carbonyl (C=O) groups excluding carboxylic acids is 1. The van der Waals surface area contributed by atoms with Gasteiger partial charge in [-0.2, -0.15) is 5.10 Å². The van der Waals surface area contributed by atoms with Crippen LogP contribution in [-0.2, 0) is 6.54 Å². The summed E-state index contributed by atoms with van der Waals surface area (Å²) in [5, 5.41) is 6.58. The molecular weight excluding hydrogens is 328 g/mol. The lowest BCUT2D eigenvalue weighted by molar-refractivity contribution is 0.101. The minimum atomic E-state index is -0.918. The number of nitrogens with one attached hydrogen (secondary N) is 1. The van der Waals surface area contributed by atoms with Gasteiger partial charge >= 0.3 is 0 Å². The van der Waals surface area contributed by atoms with Crippen molar-refractivity contribution < 1.29 is 18.3 Å². The first-order valence-electron chi connectivity index (χ1n) is 7.48. The second kappa shape index (κ2) is 7.12. The highest BCUT2D eigenvalue weighted by molar-refractivity contribution is 6.04. The van der Waals surface area contributed by atoms with Crippen LogP contribution in [0.3, 0.4) is 0 Å². The van der Waals surface area contributed by atoms with Gasteiger partial charge in [-0.05, 0) is 18.2 Å². The summed E-state index contributed by atoms with van der Waals surface area (Å²) in [6.45, 7) is 0.425. The molecule has 5 nitrogen and oxygen atoms in total. The first kappa shape index (κ1) is 16.6. The van der Waals surface area contributed by atoms with E-state index >= 15 is 0 Å². The van der Waals surface area contributed by atoms with Gasteiger partial charge in [-0.3, -0.25) is 9.48 Å². The number of carbonyl (C=O) groups is 1. The van der Waals surface area contributed by atoms with Crippen molar-refractivity contribution in [3.8, 4) is 5.75 Å². The molecule has 1 N–H and O–H groups in total. The third kappa shape index (κ3) is 3.65. The summed E-state index contributed by atoms with van der Waals surface area (Å²) in [6.07, 6.45) is 2.98. The van der Waals surface area contributed by atoms with Crippen LogP contribution in [0.15, 0.2) is 54.9 Å². The Morgan fingerprint density at radius 1 is 1.16 bits per heavy atom. The van der Waals surface area contributed by atoms with Gasteiger partial charge < -0.3 is 10.1 Å². The molecule has 0 spiro atoms. The van der Waals surface area contributed by atoms with Gasteiger partial charge in [0, 0.05) is 11.8 Å². The first-order valence-corrected chi connectivity index (χ1v) is 7.48. The lowest BCUT2D eigenvalue weighted by atomic mass is 10.2. The molecule has 128 valence electrons. The zero-order valence-corrected chi connectivity index (χ0v) is 13.4. The van der Waals surface area contributed by atoms with Crippen molar-refractivity contribution in [3.05, 3.63) is 77.6 Å². The molecule has 0 unspecified atom stereocenters. The van der Waals surface area contributed by atoms with E-state index in [0.29, 0.717) is 12.2 Å². The highest BCUT2D eigenvalue weighted by atomic mass is 19.1. The second-order valence-electron chi connectivity index (χ2n) is 5.29. The number of nitrogens with zero attached hydrogens (tertiary/aromatic N) is 2. The molecule has 7 heteroatoms. The van der Waals surface area contributed by atoms with Crippen molar-refractivity contribution in [2.75, 3.05) is 12.4 Å². The summed E-state index contributed by atoms with van der Waals surface area (Å²) in [7, 11) is 1.58. The standard InChI is InChI=1S/C18H15F2N3O2/c1-25-16-8-3-2-5-12(16)10-23-11-13(9-21-23)22-18(24)17-14(19)6-4-7-15(17)20/h2-9,11H,10H2,1H3,(H,22,24). The molecule has 3 aromatic rings. The highest BCUT2D eigenvalue weighted by Gasteiger charge is 2.17. The molecule has 0 aliphatic heterocycles. The lowest BCUT2D eigenvalue weighted by Crippen LogP contribution is -2.15. The van der Waals surface area contributed by atoms with Gasteiger partial charge in [0.05, 0.1) is 25.5 Å². The van der Waals surface area contributed by atoms with Gasteiger partial charge in [-0.25, -0.2) is 8.78 Å². The van der Waals surface area contributed by atoms with Gasteiger partial charge in [0.25, 0.3) is 5.91 Å². The average Bonchev–Trinajstić information content (AvgIpc) is 3.02. The van der Waals surface area contributed by atoms with E-state index in [1.54, 1.807) is 18.0 Å². The van der Waals surface area contributed by atoms with Crippen LogP contribution < -0.4 is 10.1 Å². The molecule has 0 saturated heterocycles. The number of amides is 1. The largest absolute Gasteiger partial charge is 0.496 e. The molecule has 3 rings (SSSR count). The van der Waals surface area contributed by atoms with Crippen LogP contribution >= 0.6 is 0 Å². The Labute approximate surface area is 142 Å². The maximum absolute atomic E-state index is 13.6. The van der Waals surface area contributed by atoms with Crippen LogP contribution in [-0.4, -0.2) is 22.8 Å². The fourth-order valence-electron chi connectivity index (χ4n) is 2.43. The number of anilines is 1. The van der Waals surface area contributed by atoms with Gasteiger partial charge in [-0.15, -0.1) is 0 Å². The molecule has 0 aliphatic rings. The number of ether oxygens (including phenoxy) is 1. The summed E-state index contributed by atoms with van der Waals surface area (Å²) in [5.74, 6) is -1.98. The van der Waals surface area contributed by atoms with E-state index in [1.807, 2.05) is 24.3 Å². The van der Waals surface area contributed by atoms with Crippen molar-refractivity contribution in [3.63, 3.8) is 0 Å². The monoisotopic (exact) mass is 343 g/mol. The van der Waals surface area contributed by atoms with E-state index < -0.39 is 23.1 Å². The number of para-hydroxylation sites is 1. The summed E-state index contributed by atoms with van der Waals surface area (Å²) in [5.41, 5.74) is 0.619. The number of aromatic nitrogens is 2. The third-order valence-corrected chi connectivity index (χ3v) is 3.61. The molecule has 0 aliphatic carbocycles. The van der Waals surface area contributed by atoms with Crippen LogP contribution in [0.1, 0.15) is 15.9 Å². The number of halogens is 2. The predicted molar refractivity (Wildman–Crippen MR) is 88.6 cm³/mol. The molecule has 0 radical (unpaired) electrons. The number of hydrogen-bond acceptors (Lipinski definition) is 3. The number of hydrogen-bond donors (Lipinski definition) is 1. The molecule has 1 amide bonds. The topological polar surface area (TPSA) is 56.1 Å². The third-order valence-electron chi connectivity index (χ3n) is 3.61. The Morgan fingerprint density at radius 3 is 2.60 bits per heavy atom. The Kier molecular flexibility index (Phi) is 4.74. The fourth-order valence-corrected chi connectivity index (χ4v) is 2.43. The van der Waals surface area contributed by atoms with Crippen LogP contribution in [0.4, 0.5) is 14.5 Å². The quantitative estimate of drug-likeness (QED) is 0.772. The van der Waals surface area contributed by atoms with Crippen LogP contribution in [0.5, 0.6) is 5.75 Å². The van der Waals surface area contributed by atoms with Crippen LogP contribution in [0.25, 0.3) is 0 Å². The normalized spacial score (nSPS) is 10.5. The fraction of sp³-hybridized carbons (Fsp3) is 0.111. The van der Waals surface area contributed by atoms with Crippen molar-refractivity contribution in [2.45, 2.75) is 6.54 Å².